The third-order valence-electron chi connectivity index (χ3n) is 5.60. The normalized spacial score (nSPS) is 10.8. The summed E-state index contributed by atoms with van der Waals surface area (Å²) in [5.74, 6) is 1.02. The number of esters is 1. The first-order chi connectivity index (χ1) is 17.0. The van der Waals surface area contributed by atoms with Crippen molar-refractivity contribution in [2.24, 2.45) is 0 Å². The minimum absolute atomic E-state index is 0.0952. The van der Waals surface area contributed by atoms with E-state index in [1.54, 1.807) is 12.3 Å². The van der Waals surface area contributed by atoms with Crippen molar-refractivity contribution in [1.29, 1.82) is 0 Å². The molecule has 2 aromatic carbocycles. The molecule has 7 nitrogen and oxygen atoms in total. The van der Waals surface area contributed by atoms with Gasteiger partial charge in [-0.3, -0.25) is 4.98 Å². The summed E-state index contributed by atoms with van der Waals surface area (Å²) in [7, 11) is 5.24. The van der Waals surface area contributed by atoms with Crippen LogP contribution >= 0.6 is 0 Å². The van der Waals surface area contributed by atoms with Gasteiger partial charge in [-0.25, -0.2) is 4.79 Å². The van der Waals surface area contributed by atoms with Crippen LogP contribution in [0.15, 0.2) is 93.9 Å². The van der Waals surface area contributed by atoms with Crippen molar-refractivity contribution in [3.63, 3.8) is 0 Å². The van der Waals surface area contributed by atoms with Gasteiger partial charge in [0.05, 0.1) is 12.8 Å². The molecule has 5 rings (SSSR count). The third-order valence-corrected chi connectivity index (χ3v) is 5.60. The average molecular weight is 466 g/mol. The number of carbonyl (C=O) groups excluding carboxylic acids is 1. The molecular weight excluding hydrogens is 442 g/mol. The lowest BCUT2D eigenvalue weighted by atomic mass is 10.1. The van der Waals surface area contributed by atoms with Crippen LogP contribution in [0.4, 0.5) is 5.69 Å². The molecule has 0 aliphatic carbocycles. The second-order valence-corrected chi connectivity index (χ2v) is 8.09. The number of benzene rings is 2. The molecule has 0 N–H and O–H groups in total. The summed E-state index contributed by atoms with van der Waals surface area (Å²) in [5.41, 5.74) is 4.65. The second-order valence-electron chi connectivity index (χ2n) is 8.09. The Morgan fingerprint density at radius 3 is 2.14 bits per heavy atom. The number of oxazole rings is 1. The maximum absolute atomic E-state index is 12.4. The lowest BCUT2D eigenvalue weighted by Crippen LogP contribution is -2.08. The molecule has 0 saturated carbocycles. The van der Waals surface area contributed by atoms with Gasteiger partial charge in [0.2, 0.25) is 0 Å². The zero-order valence-electron chi connectivity index (χ0n) is 19.6. The molecule has 3 aromatic heterocycles. The quantitative estimate of drug-likeness (QED) is 0.277. The summed E-state index contributed by atoms with van der Waals surface area (Å²) >= 11 is 0. The Morgan fingerprint density at radius 1 is 0.800 bits per heavy atom. The maximum Gasteiger partial charge on any atom is 0.360 e. The van der Waals surface area contributed by atoms with Crippen molar-refractivity contribution in [3.05, 3.63) is 90.8 Å². The molecule has 0 bridgehead atoms. The van der Waals surface area contributed by atoms with Crippen LogP contribution in [-0.4, -0.2) is 37.1 Å². The molecule has 35 heavy (non-hydrogen) atoms. The molecule has 0 saturated heterocycles. The van der Waals surface area contributed by atoms with Gasteiger partial charge >= 0.3 is 5.97 Å². The first-order valence-electron chi connectivity index (χ1n) is 11.0. The molecule has 0 amide bonds. The molecule has 7 heteroatoms. The molecule has 0 atom stereocenters. The Balaban J connectivity index is 1.46. The topological polar surface area (TPSA) is 81.6 Å². The van der Waals surface area contributed by atoms with E-state index >= 15 is 0 Å². The van der Waals surface area contributed by atoms with Gasteiger partial charge in [0.25, 0.3) is 5.89 Å². The van der Waals surface area contributed by atoms with Crippen molar-refractivity contribution < 1.29 is 18.4 Å². The Hall–Kier alpha value is -4.65. The fraction of sp³-hybridized carbons (Fsp3) is 0.107. The fourth-order valence-electron chi connectivity index (χ4n) is 3.71. The lowest BCUT2D eigenvalue weighted by Gasteiger charge is -2.12. The monoisotopic (exact) mass is 465 g/mol. The maximum atomic E-state index is 12.4. The number of ether oxygens (including phenoxy) is 1. The first-order valence-corrected chi connectivity index (χ1v) is 11.0. The van der Waals surface area contributed by atoms with Crippen molar-refractivity contribution in [2.45, 2.75) is 0 Å². The van der Waals surface area contributed by atoms with E-state index in [1.807, 2.05) is 91.8 Å². The van der Waals surface area contributed by atoms with Crippen molar-refractivity contribution in [1.82, 2.24) is 9.97 Å². The van der Waals surface area contributed by atoms with Crippen LogP contribution in [0.5, 0.6) is 0 Å². The number of hydrogen-bond donors (Lipinski definition) is 0. The summed E-state index contributed by atoms with van der Waals surface area (Å²) in [5, 5.41) is 0. The van der Waals surface area contributed by atoms with Crippen LogP contribution in [-0.2, 0) is 4.74 Å². The Labute approximate surface area is 202 Å². The summed E-state index contributed by atoms with van der Waals surface area (Å²) in [4.78, 5) is 23.2. The minimum atomic E-state index is -0.580. The third kappa shape index (κ3) is 4.44. The molecule has 5 aromatic rings. The van der Waals surface area contributed by atoms with Crippen LogP contribution < -0.4 is 4.90 Å². The number of methoxy groups -OCH3 is 1. The fourth-order valence-corrected chi connectivity index (χ4v) is 3.71. The average Bonchev–Trinajstić information content (AvgIpc) is 3.57. The van der Waals surface area contributed by atoms with E-state index in [9.17, 15) is 4.79 Å². The Bertz CT molecular complexity index is 1450. The highest BCUT2D eigenvalue weighted by atomic mass is 16.5. The van der Waals surface area contributed by atoms with Gasteiger partial charge in [-0.15, -0.1) is 0 Å². The van der Waals surface area contributed by atoms with E-state index in [4.69, 9.17) is 13.6 Å². The molecule has 0 fully saturated rings. The van der Waals surface area contributed by atoms with Crippen LogP contribution in [0.25, 0.3) is 45.6 Å². The highest BCUT2D eigenvalue weighted by Crippen LogP contribution is 2.34. The number of anilines is 1. The number of carbonyl (C=O) groups is 1. The van der Waals surface area contributed by atoms with Crippen molar-refractivity contribution in [2.75, 3.05) is 26.1 Å². The molecule has 0 spiro atoms. The van der Waals surface area contributed by atoms with E-state index in [1.165, 1.54) is 7.11 Å². The standard InChI is InChI=1S/C28H23N3O4/c1-31(2)21-13-11-20(12-14-21)26-25(28(32)33-3)30-27(35-26)24-16-15-23(34-24)19-9-7-18(8-10-19)22-6-4-5-17-29-22/h4-17H,1-3H3. The smallest absolute Gasteiger partial charge is 0.360 e. The highest BCUT2D eigenvalue weighted by molar-refractivity contribution is 5.94. The predicted molar refractivity (Wildman–Crippen MR) is 134 cm³/mol. The van der Waals surface area contributed by atoms with Gasteiger partial charge < -0.3 is 18.5 Å². The summed E-state index contributed by atoms with van der Waals surface area (Å²) in [6, 6.07) is 25.0. The summed E-state index contributed by atoms with van der Waals surface area (Å²) in [6.07, 6.45) is 1.77. The zero-order valence-corrected chi connectivity index (χ0v) is 19.6. The molecule has 0 unspecified atom stereocenters. The van der Waals surface area contributed by atoms with E-state index in [-0.39, 0.29) is 11.6 Å². The molecular formula is C28H23N3O4. The van der Waals surface area contributed by atoms with E-state index < -0.39 is 5.97 Å². The van der Waals surface area contributed by atoms with Gasteiger partial charge in [-0.1, -0.05) is 30.3 Å². The number of aromatic nitrogens is 2. The van der Waals surface area contributed by atoms with Gasteiger partial charge in [0, 0.05) is 42.7 Å². The second kappa shape index (κ2) is 9.30. The Morgan fingerprint density at radius 2 is 1.49 bits per heavy atom. The zero-order chi connectivity index (χ0) is 24.4. The summed E-state index contributed by atoms with van der Waals surface area (Å²) in [6.45, 7) is 0. The number of pyridine rings is 1. The predicted octanol–water partition coefficient (Wildman–Crippen LogP) is 6.18. The number of nitrogens with zero attached hydrogens (tertiary/aromatic N) is 3. The van der Waals surface area contributed by atoms with E-state index in [0.717, 1.165) is 22.5 Å². The van der Waals surface area contributed by atoms with Gasteiger partial charge in [0.15, 0.2) is 17.2 Å². The Kier molecular flexibility index (Phi) is 5.89. The number of hydrogen-bond acceptors (Lipinski definition) is 7. The molecule has 0 aliphatic heterocycles. The van der Waals surface area contributed by atoms with Gasteiger partial charge in [0.1, 0.15) is 5.76 Å². The van der Waals surface area contributed by atoms with Crippen molar-refractivity contribution in [3.8, 4) is 45.6 Å². The first kappa shape index (κ1) is 22.2. The van der Waals surface area contributed by atoms with Gasteiger partial charge in [-0.2, -0.15) is 4.98 Å². The van der Waals surface area contributed by atoms with Crippen molar-refractivity contribution >= 4 is 11.7 Å². The molecule has 3 heterocycles. The van der Waals surface area contributed by atoms with Crippen LogP contribution in [0.3, 0.4) is 0 Å². The molecule has 0 radical (unpaired) electrons. The van der Waals surface area contributed by atoms with Crippen LogP contribution in [0.1, 0.15) is 10.5 Å². The largest absolute Gasteiger partial charge is 0.464 e. The van der Waals surface area contributed by atoms with Crippen LogP contribution in [0.2, 0.25) is 0 Å². The molecule has 174 valence electrons. The minimum Gasteiger partial charge on any atom is -0.464 e. The SMILES string of the molecule is COC(=O)c1nc(-c2ccc(-c3ccc(-c4ccccn4)cc3)o2)oc1-c1ccc(N(C)C)cc1. The highest BCUT2D eigenvalue weighted by Gasteiger charge is 2.24. The van der Waals surface area contributed by atoms with Crippen LogP contribution in [0, 0.1) is 0 Å². The van der Waals surface area contributed by atoms with Gasteiger partial charge in [-0.05, 0) is 48.5 Å². The number of furan rings is 1. The van der Waals surface area contributed by atoms with E-state index in [0.29, 0.717) is 22.8 Å². The summed E-state index contributed by atoms with van der Waals surface area (Å²) < 4.78 is 17.0. The lowest BCUT2D eigenvalue weighted by molar-refractivity contribution is 0.0595. The molecule has 0 aliphatic rings. The number of rotatable bonds is 6. The van der Waals surface area contributed by atoms with E-state index in [2.05, 4.69) is 9.97 Å².